The first kappa shape index (κ1) is 16.2. The van der Waals surface area contributed by atoms with Crippen LogP contribution in [0.2, 0.25) is 0 Å². The van der Waals surface area contributed by atoms with Crippen LogP contribution in [0.15, 0.2) is 30.3 Å². The summed E-state index contributed by atoms with van der Waals surface area (Å²) in [6, 6.07) is 7.47. The number of hydrogen-bond donors (Lipinski definition) is 1. The van der Waals surface area contributed by atoms with Gasteiger partial charge in [0.25, 0.3) is 0 Å². The average molecular weight is 293 g/mol. The summed E-state index contributed by atoms with van der Waals surface area (Å²) in [5, 5.41) is 2.91. The van der Waals surface area contributed by atoms with E-state index in [1.165, 1.54) is 0 Å². The normalized spacial score (nSPS) is 16.9. The van der Waals surface area contributed by atoms with Crippen LogP contribution in [0.3, 0.4) is 0 Å². The third-order valence-electron chi connectivity index (χ3n) is 2.61. The maximum absolute atomic E-state index is 12.6. The molecule has 0 aliphatic carbocycles. The van der Waals surface area contributed by atoms with Crippen molar-refractivity contribution in [2.45, 2.75) is 31.6 Å². The fourth-order valence-corrected chi connectivity index (χ4v) is 2.73. The van der Waals surface area contributed by atoms with Crippen LogP contribution in [0.25, 0.3) is 0 Å². The molecule has 0 saturated carbocycles. The fourth-order valence-electron chi connectivity index (χ4n) is 1.93. The lowest BCUT2D eigenvalue weighted by atomic mass is 10.0. The number of alkyl halides is 3. The van der Waals surface area contributed by atoms with Crippen LogP contribution in [-0.4, -0.2) is 28.4 Å². The maximum Gasteiger partial charge on any atom is 0.390 e. The van der Waals surface area contributed by atoms with Gasteiger partial charge in [-0.3, -0.25) is 4.21 Å². The summed E-state index contributed by atoms with van der Waals surface area (Å²) < 4.78 is 48.9. The van der Waals surface area contributed by atoms with Gasteiger partial charge >= 0.3 is 6.18 Å². The van der Waals surface area contributed by atoms with Gasteiger partial charge in [0.1, 0.15) is 0 Å². The van der Waals surface area contributed by atoms with E-state index in [9.17, 15) is 17.4 Å². The van der Waals surface area contributed by atoms with Crippen LogP contribution >= 0.6 is 0 Å². The van der Waals surface area contributed by atoms with Gasteiger partial charge in [-0.1, -0.05) is 30.3 Å². The number of benzene rings is 1. The Labute approximate surface area is 113 Å². The van der Waals surface area contributed by atoms with Crippen molar-refractivity contribution in [1.82, 2.24) is 5.32 Å². The van der Waals surface area contributed by atoms with E-state index < -0.39 is 29.4 Å². The molecule has 1 N–H and O–H groups in total. The van der Waals surface area contributed by atoms with Gasteiger partial charge in [-0.2, -0.15) is 13.2 Å². The van der Waals surface area contributed by atoms with E-state index in [1.54, 1.807) is 43.5 Å². The molecule has 1 rings (SSSR count). The standard InChI is InChI=1S/C13H18F3NOS/c1-10(9-19(2)18)17-12(8-13(14,15)16)11-6-4-3-5-7-11/h3-7,10,12,17H,8-9H2,1-2H3. The van der Waals surface area contributed by atoms with Crippen molar-refractivity contribution in [3.8, 4) is 0 Å². The number of hydrogen-bond acceptors (Lipinski definition) is 2. The summed E-state index contributed by atoms with van der Waals surface area (Å²) in [4.78, 5) is 0. The Kier molecular flexibility index (Phi) is 6.00. The van der Waals surface area contributed by atoms with E-state index >= 15 is 0 Å². The van der Waals surface area contributed by atoms with Gasteiger partial charge in [0.05, 0.1) is 6.42 Å². The molecule has 108 valence electrons. The quantitative estimate of drug-likeness (QED) is 0.873. The summed E-state index contributed by atoms with van der Waals surface area (Å²) in [5.41, 5.74) is 0.591. The van der Waals surface area contributed by atoms with Crippen LogP contribution in [0.4, 0.5) is 13.2 Å². The van der Waals surface area contributed by atoms with Gasteiger partial charge in [-0.25, -0.2) is 0 Å². The van der Waals surface area contributed by atoms with Crippen molar-refractivity contribution in [1.29, 1.82) is 0 Å². The average Bonchev–Trinajstić information content (AvgIpc) is 2.26. The largest absolute Gasteiger partial charge is 0.390 e. The van der Waals surface area contributed by atoms with Crippen LogP contribution in [0.1, 0.15) is 24.9 Å². The molecule has 0 aliphatic rings. The zero-order valence-corrected chi connectivity index (χ0v) is 11.7. The molecule has 0 spiro atoms. The van der Waals surface area contributed by atoms with E-state index in [0.29, 0.717) is 11.3 Å². The Hall–Kier alpha value is -0.880. The summed E-state index contributed by atoms with van der Waals surface area (Å²) >= 11 is 0. The van der Waals surface area contributed by atoms with Crippen molar-refractivity contribution in [3.05, 3.63) is 35.9 Å². The molecule has 0 bridgehead atoms. The highest BCUT2D eigenvalue weighted by atomic mass is 32.2. The first-order valence-corrected chi connectivity index (χ1v) is 7.68. The minimum atomic E-state index is -4.24. The number of nitrogens with one attached hydrogen (secondary N) is 1. The predicted octanol–water partition coefficient (Wildman–Crippen LogP) is 3.04. The van der Waals surface area contributed by atoms with E-state index in [4.69, 9.17) is 0 Å². The van der Waals surface area contributed by atoms with Crippen molar-refractivity contribution in [2.24, 2.45) is 0 Å². The Morgan fingerprint density at radius 1 is 1.26 bits per heavy atom. The van der Waals surface area contributed by atoms with Gasteiger partial charge in [0.15, 0.2) is 0 Å². The van der Waals surface area contributed by atoms with E-state index in [0.717, 1.165) is 0 Å². The smallest absolute Gasteiger partial charge is 0.306 e. The molecule has 0 fully saturated rings. The molecule has 0 aromatic heterocycles. The topological polar surface area (TPSA) is 29.1 Å². The Balaban J connectivity index is 2.78. The zero-order valence-electron chi connectivity index (χ0n) is 10.9. The molecule has 0 saturated heterocycles. The zero-order chi connectivity index (χ0) is 14.5. The first-order chi connectivity index (χ1) is 8.78. The maximum atomic E-state index is 12.6. The monoisotopic (exact) mass is 293 g/mol. The molecule has 19 heavy (non-hydrogen) atoms. The summed E-state index contributed by atoms with van der Waals surface area (Å²) in [7, 11) is -1.04. The van der Waals surface area contributed by atoms with Gasteiger partial charge in [0.2, 0.25) is 0 Å². The Morgan fingerprint density at radius 3 is 2.32 bits per heavy atom. The molecule has 2 nitrogen and oxygen atoms in total. The summed E-state index contributed by atoms with van der Waals surface area (Å²) in [6.07, 6.45) is -3.63. The summed E-state index contributed by atoms with van der Waals surface area (Å²) in [6.45, 7) is 1.74. The van der Waals surface area contributed by atoms with Crippen molar-refractivity contribution < 1.29 is 17.4 Å². The molecule has 3 atom stereocenters. The highest BCUT2D eigenvalue weighted by Gasteiger charge is 2.33. The van der Waals surface area contributed by atoms with Crippen molar-refractivity contribution in [3.63, 3.8) is 0 Å². The first-order valence-electron chi connectivity index (χ1n) is 5.95. The second kappa shape index (κ2) is 7.05. The lowest BCUT2D eigenvalue weighted by Gasteiger charge is -2.24. The molecule has 0 amide bonds. The number of rotatable bonds is 6. The molecular weight excluding hydrogens is 275 g/mol. The Bertz CT molecular complexity index is 408. The molecule has 0 radical (unpaired) electrons. The molecule has 1 aromatic carbocycles. The van der Waals surface area contributed by atoms with Gasteiger partial charge in [-0.15, -0.1) is 0 Å². The third-order valence-corrected chi connectivity index (χ3v) is 3.58. The fraction of sp³-hybridized carbons (Fsp3) is 0.538. The highest BCUT2D eigenvalue weighted by Crippen LogP contribution is 2.29. The van der Waals surface area contributed by atoms with Gasteiger partial charge in [-0.05, 0) is 12.5 Å². The lowest BCUT2D eigenvalue weighted by Crippen LogP contribution is -2.36. The highest BCUT2D eigenvalue weighted by molar-refractivity contribution is 7.84. The van der Waals surface area contributed by atoms with Gasteiger partial charge < -0.3 is 5.32 Å². The van der Waals surface area contributed by atoms with Crippen molar-refractivity contribution in [2.75, 3.05) is 12.0 Å². The van der Waals surface area contributed by atoms with E-state index in [2.05, 4.69) is 5.32 Å². The van der Waals surface area contributed by atoms with Crippen LogP contribution in [-0.2, 0) is 10.8 Å². The molecule has 6 heteroatoms. The van der Waals surface area contributed by atoms with Crippen LogP contribution in [0, 0.1) is 0 Å². The third kappa shape index (κ3) is 6.73. The summed E-state index contributed by atoms with van der Waals surface area (Å²) in [5.74, 6) is 0.335. The minimum Gasteiger partial charge on any atom is -0.306 e. The van der Waals surface area contributed by atoms with E-state index in [1.807, 2.05) is 0 Å². The second-order valence-electron chi connectivity index (χ2n) is 4.59. The minimum absolute atomic E-state index is 0.238. The second-order valence-corrected chi connectivity index (χ2v) is 6.07. The van der Waals surface area contributed by atoms with E-state index in [-0.39, 0.29) is 6.04 Å². The lowest BCUT2D eigenvalue weighted by molar-refractivity contribution is -0.140. The molecule has 0 heterocycles. The Morgan fingerprint density at radius 2 is 1.84 bits per heavy atom. The molecule has 1 aromatic rings. The predicted molar refractivity (Wildman–Crippen MR) is 71.4 cm³/mol. The molecule has 0 aliphatic heterocycles. The molecular formula is C13H18F3NOS. The number of halogens is 3. The van der Waals surface area contributed by atoms with Crippen molar-refractivity contribution >= 4 is 10.8 Å². The van der Waals surface area contributed by atoms with Gasteiger partial charge in [0, 0.05) is 34.9 Å². The van der Waals surface area contributed by atoms with Crippen LogP contribution in [0.5, 0.6) is 0 Å². The SMILES string of the molecule is CC(CS(C)=O)NC(CC(F)(F)F)c1ccccc1. The van der Waals surface area contributed by atoms with Crippen LogP contribution < -0.4 is 5.32 Å². The molecule has 3 unspecified atom stereocenters.